The minimum absolute atomic E-state index is 0.0104. The maximum atomic E-state index is 12.9. The zero-order valence-electron chi connectivity index (χ0n) is 15.7. The number of carbonyl (C=O) groups is 1. The van der Waals surface area contributed by atoms with Crippen molar-refractivity contribution < 1.29 is 18.0 Å². The summed E-state index contributed by atoms with van der Waals surface area (Å²) in [5.74, 6) is 1.50. The van der Waals surface area contributed by atoms with Crippen LogP contribution in [0.1, 0.15) is 53.3 Å². The molecule has 5 nitrogen and oxygen atoms in total. The van der Waals surface area contributed by atoms with Crippen LogP contribution in [-0.2, 0) is 12.7 Å². The molecule has 0 unspecified atom stereocenters. The molecule has 1 saturated carbocycles. The molecule has 0 atom stereocenters. The third-order valence-electron chi connectivity index (χ3n) is 5.11. The van der Waals surface area contributed by atoms with Gasteiger partial charge in [0.25, 0.3) is 5.91 Å². The molecule has 0 spiro atoms. The van der Waals surface area contributed by atoms with Crippen molar-refractivity contribution >= 4 is 17.5 Å². The van der Waals surface area contributed by atoms with Crippen molar-refractivity contribution in [3.8, 4) is 0 Å². The zero-order valence-corrected chi connectivity index (χ0v) is 16.4. The standard InChI is InChI=1S/C19H22ClF3N4O/c1-11-24-12(2)27(26-11)10-13-3-6-15(7-4-13)25-18(28)16-9-14(19(21,22)23)5-8-17(16)20/h5,8-9,13,15H,3-4,6-7,10H2,1-2H3,(H,25,28)/t13-,15-. The Hall–Kier alpha value is -2.09. The van der Waals surface area contributed by atoms with Gasteiger partial charge in [-0.2, -0.15) is 18.3 Å². The van der Waals surface area contributed by atoms with Crippen molar-refractivity contribution in [2.45, 2.75) is 58.3 Å². The molecule has 3 rings (SSSR count). The van der Waals surface area contributed by atoms with Gasteiger partial charge < -0.3 is 5.32 Å². The second-order valence-electron chi connectivity index (χ2n) is 7.27. The fraction of sp³-hybridized carbons (Fsp3) is 0.526. The van der Waals surface area contributed by atoms with Crippen LogP contribution in [0, 0.1) is 19.8 Å². The average molecular weight is 415 g/mol. The smallest absolute Gasteiger partial charge is 0.349 e. The monoisotopic (exact) mass is 414 g/mol. The van der Waals surface area contributed by atoms with Gasteiger partial charge in [-0.1, -0.05) is 11.6 Å². The van der Waals surface area contributed by atoms with E-state index in [1.54, 1.807) is 0 Å². The van der Waals surface area contributed by atoms with Crippen molar-refractivity contribution in [2.24, 2.45) is 5.92 Å². The van der Waals surface area contributed by atoms with Crippen molar-refractivity contribution in [3.63, 3.8) is 0 Å². The first-order valence-electron chi connectivity index (χ1n) is 9.19. The largest absolute Gasteiger partial charge is 0.416 e. The van der Waals surface area contributed by atoms with Gasteiger partial charge in [0, 0.05) is 12.6 Å². The zero-order chi connectivity index (χ0) is 20.5. The minimum Gasteiger partial charge on any atom is -0.349 e. The van der Waals surface area contributed by atoms with Gasteiger partial charge in [-0.25, -0.2) is 9.67 Å². The van der Waals surface area contributed by atoms with E-state index in [4.69, 9.17) is 11.6 Å². The van der Waals surface area contributed by atoms with Gasteiger partial charge in [0.05, 0.1) is 16.1 Å². The summed E-state index contributed by atoms with van der Waals surface area (Å²) in [5.41, 5.74) is -1.03. The maximum Gasteiger partial charge on any atom is 0.416 e. The highest BCUT2D eigenvalue weighted by Crippen LogP contribution is 2.32. The van der Waals surface area contributed by atoms with Crippen LogP contribution in [0.25, 0.3) is 0 Å². The highest BCUT2D eigenvalue weighted by Gasteiger charge is 2.32. The van der Waals surface area contributed by atoms with Crippen molar-refractivity contribution in [1.29, 1.82) is 0 Å². The van der Waals surface area contributed by atoms with Gasteiger partial charge in [-0.15, -0.1) is 0 Å². The first-order valence-corrected chi connectivity index (χ1v) is 9.57. The maximum absolute atomic E-state index is 12.9. The molecule has 1 heterocycles. The summed E-state index contributed by atoms with van der Waals surface area (Å²) >= 11 is 5.95. The summed E-state index contributed by atoms with van der Waals surface area (Å²) in [6.07, 6.45) is -1.19. The first kappa shape index (κ1) is 20.6. The van der Waals surface area contributed by atoms with E-state index in [2.05, 4.69) is 15.4 Å². The molecular formula is C19H22ClF3N4O. The van der Waals surface area contributed by atoms with E-state index in [9.17, 15) is 18.0 Å². The highest BCUT2D eigenvalue weighted by atomic mass is 35.5. The lowest BCUT2D eigenvalue weighted by molar-refractivity contribution is -0.137. The Bertz CT molecular complexity index is 857. The summed E-state index contributed by atoms with van der Waals surface area (Å²) in [6.45, 7) is 4.56. The second-order valence-corrected chi connectivity index (χ2v) is 7.68. The lowest BCUT2D eigenvalue weighted by Gasteiger charge is -2.29. The lowest BCUT2D eigenvalue weighted by atomic mass is 9.86. The fourth-order valence-electron chi connectivity index (χ4n) is 3.61. The average Bonchev–Trinajstić information content (AvgIpc) is 2.93. The molecule has 2 aromatic rings. The SMILES string of the molecule is Cc1nc(C)n(C[C@H]2CC[C@H](NC(=O)c3cc(C(F)(F)F)ccc3Cl)CC2)n1. The van der Waals surface area contributed by atoms with Crippen LogP contribution in [0.2, 0.25) is 5.02 Å². The van der Waals surface area contributed by atoms with Gasteiger partial charge in [0.15, 0.2) is 0 Å². The molecular weight excluding hydrogens is 393 g/mol. The number of aryl methyl sites for hydroxylation is 2. The summed E-state index contributed by atoms with van der Waals surface area (Å²) in [6, 6.07) is 2.71. The molecule has 1 aliphatic rings. The first-order chi connectivity index (χ1) is 13.1. The normalized spacial score (nSPS) is 20.2. The van der Waals surface area contributed by atoms with Gasteiger partial charge in [-0.3, -0.25) is 4.79 Å². The van der Waals surface area contributed by atoms with Gasteiger partial charge in [-0.05, 0) is 63.6 Å². The van der Waals surface area contributed by atoms with E-state index in [0.29, 0.717) is 5.92 Å². The molecule has 0 saturated heterocycles. The van der Waals surface area contributed by atoms with Gasteiger partial charge in [0.2, 0.25) is 0 Å². The number of carbonyl (C=O) groups excluding carboxylic acids is 1. The molecule has 28 heavy (non-hydrogen) atoms. The van der Waals surface area contributed by atoms with Crippen LogP contribution in [-0.4, -0.2) is 26.7 Å². The summed E-state index contributed by atoms with van der Waals surface area (Å²) in [4.78, 5) is 16.7. The Kier molecular flexibility index (Phi) is 5.98. The third kappa shape index (κ3) is 4.84. The minimum atomic E-state index is -4.52. The fourth-order valence-corrected chi connectivity index (χ4v) is 3.81. The highest BCUT2D eigenvalue weighted by molar-refractivity contribution is 6.33. The number of benzene rings is 1. The number of alkyl halides is 3. The molecule has 1 aromatic heterocycles. The van der Waals surface area contributed by atoms with Gasteiger partial charge >= 0.3 is 6.18 Å². The van der Waals surface area contributed by atoms with Crippen LogP contribution < -0.4 is 5.32 Å². The molecule has 1 aliphatic carbocycles. The van der Waals surface area contributed by atoms with E-state index >= 15 is 0 Å². The van der Waals surface area contributed by atoms with E-state index < -0.39 is 17.6 Å². The van der Waals surface area contributed by atoms with Crippen LogP contribution in [0.15, 0.2) is 18.2 Å². The molecule has 1 aromatic carbocycles. The van der Waals surface area contributed by atoms with Crippen LogP contribution in [0.5, 0.6) is 0 Å². The Morgan fingerprint density at radius 2 is 1.93 bits per heavy atom. The van der Waals surface area contributed by atoms with Crippen molar-refractivity contribution in [2.75, 3.05) is 0 Å². The summed E-state index contributed by atoms with van der Waals surface area (Å²) in [7, 11) is 0. The predicted octanol–water partition coefficient (Wildman–Crippen LogP) is 4.56. The van der Waals surface area contributed by atoms with E-state index in [1.807, 2.05) is 18.5 Å². The topological polar surface area (TPSA) is 59.8 Å². The molecule has 0 radical (unpaired) electrons. The summed E-state index contributed by atoms with van der Waals surface area (Å²) in [5, 5.41) is 7.22. The number of rotatable bonds is 4. The quantitative estimate of drug-likeness (QED) is 0.798. The number of aromatic nitrogens is 3. The Morgan fingerprint density at radius 1 is 1.25 bits per heavy atom. The molecule has 0 bridgehead atoms. The third-order valence-corrected chi connectivity index (χ3v) is 5.44. The number of amides is 1. The number of hydrogen-bond acceptors (Lipinski definition) is 3. The Balaban J connectivity index is 1.57. The van der Waals surface area contributed by atoms with Crippen LogP contribution >= 0.6 is 11.6 Å². The number of hydrogen-bond donors (Lipinski definition) is 1. The van der Waals surface area contributed by atoms with E-state index in [0.717, 1.165) is 62.1 Å². The Morgan fingerprint density at radius 3 is 2.50 bits per heavy atom. The van der Waals surface area contributed by atoms with Crippen LogP contribution in [0.3, 0.4) is 0 Å². The van der Waals surface area contributed by atoms with Crippen LogP contribution in [0.4, 0.5) is 13.2 Å². The Labute approximate surface area is 166 Å². The molecule has 1 fully saturated rings. The van der Waals surface area contributed by atoms with Crippen molar-refractivity contribution in [3.05, 3.63) is 46.0 Å². The lowest BCUT2D eigenvalue weighted by Crippen LogP contribution is -2.38. The van der Waals surface area contributed by atoms with Crippen molar-refractivity contribution in [1.82, 2.24) is 20.1 Å². The molecule has 9 heteroatoms. The number of nitrogens with one attached hydrogen (secondary N) is 1. The summed E-state index contributed by atoms with van der Waals surface area (Å²) < 4.78 is 40.6. The van der Waals surface area contributed by atoms with E-state index in [-0.39, 0.29) is 16.6 Å². The molecule has 1 N–H and O–H groups in total. The van der Waals surface area contributed by atoms with E-state index in [1.165, 1.54) is 0 Å². The second kappa shape index (κ2) is 8.11. The molecule has 152 valence electrons. The molecule has 0 aliphatic heterocycles. The number of nitrogens with zero attached hydrogens (tertiary/aromatic N) is 3. The molecule has 1 amide bonds. The van der Waals surface area contributed by atoms with Gasteiger partial charge in [0.1, 0.15) is 11.6 Å². The number of halogens is 4. The predicted molar refractivity (Wildman–Crippen MR) is 99.2 cm³/mol.